The number of benzene rings is 1. The van der Waals surface area contributed by atoms with Gasteiger partial charge in [0, 0.05) is 25.7 Å². The van der Waals surface area contributed by atoms with Crippen LogP contribution in [0.2, 0.25) is 0 Å². The Balaban J connectivity index is 1.88. The predicted octanol–water partition coefficient (Wildman–Crippen LogP) is 1.06. The maximum atomic E-state index is 13.8. The van der Waals surface area contributed by atoms with Gasteiger partial charge in [0.1, 0.15) is 16.5 Å². The van der Waals surface area contributed by atoms with E-state index in [1.54, 1.807) is 0 Å². The third-order valence-corrected chi connectivity index (χ3v) is 6.22. The molecule has 1 aromatic carbocycles. The Labute approximate surface area is 128 Å². The van der Waals surface area contributed by atoms with Gasteiger partial charge in [-0.25, -0.2) is 17.2 Å². The minimum Gasteiger partial charge on any atom is -0.375 e. The molecule has 0 unspecified atom stereocenters. The van der Waals surface area contributed by atoms with Crippen LogP contribution in [-0.4, -0.2) is 63.1 Å². The highest BCUT2D eigenvalue weighted by atomic mass is 32.2. The number of hydrogen-bond donors (Lipinski definition) is 0. The SMILES string of the molecule is CN1CCO[C@@H]2CCN(S(=O)(=O)c3cc(F)ccc3F)C[C@H]21. The van der Waals surface area contributed by atoms with E-state index in [9.17, 15) is 17.2 Å². The van der Waals surface area contributed by atoms with Crippen molar-refractivity contribution in [3.63, 3.8) is 0 Å². The Morgan fingerprint density at radius 2 is 2.05 bits per heavy atom. The van der Waals surface area contributed by atoms with Gasteiger partial charge in [0.05, 0.1) is 12.7 Å². The molecule has 2 fully saturated rings. The molecule has 1 aromatic rings. The highest BCUT2D eigenvalue weighted by molar-refractivity contribution is 7.89. The number of fused-ring (bicyclic) bond motifs is 1. The zero-order valence-electron chi connectivity index (χ0n) is 12.2. The largest absolute Gasteiger partial charge is 0.375 e. The average Bonchev–Trinajstić information content (AvgIpc) is 2.49. The molecule has 0 spiro atoms. The summed E-state index contributed by atoms with van der Waals surface area (Å²) < 4.78 is 59.2. The molecular weight excluding hydrogens is 314 g/mol. The molecule has 5 nitrogen and oxygen atoms in total. The standard InChI is InChI=1S/C14H18F2N2O3S/c1-17-6-7-21-13-4-5-18(9-12(13)17)22(19,20)14-8-10(15)2-3-11(14)16/h2-3,8,12-13H,4-7,9H2,1H3/t12-,13-/m1/s1. The third kappa shape index (κ3) is 2.76. The van der Waals surface area contributed by atoms with Crippen LogP contribution in [0, 0.1) is 11.6 Å². The topological polar surface area (TPSA) is 49.9 Å². The first-order valence-corrected chi connectivity index (χ1v) is 8.60. The summed E-state index contributed by atoms with van der Waals surface area (Å²) >= 11 is 0. The van der Waals surface area contributed by atoms with Gasteiger partial charge in [0.15, 0.2) is 0 Å². The van der Waals surface area contributed by atoms with Crippen LogP contribution in [0.5, 0.6) is 0 Å². The van der Waals surface area contributed by atoms with Crippen LogP contribution in [0.4, 0.5) is 8.78 Å². The Morgan fingerprint density at radius 1 is 1.27 bits per heavy atom. The number of piperidine rings is 1. The van der Waals surface area contributed by atoms with Crippen LogP contribution in [0.25, 0.3) is 0 Å². The van der Waals surface area contributed by atoms with Crippen molar-refractivity contribution in [3.8, 4) is 0 Å². The fourth-order valence-electron chi connectivity index (χ4n) is 3.04. The fraction of sp³-hybridized carbons (Fsp3) is 0.571. The van der Waals surface area contributed by atoms with Crippen LogP contribution in [0.1, 0.15) is 6.42 Å². The summed E-state index contributed by atoms with van der Waals surface area (Å²) in [7, 11) is -2.14. The van der Waals surface area contributed by atoms with Crippen LogP contribution >= 0.6 is 0 Å². The maximum Gasteiger partial charge on any atom is 0.246 e. The van der Waals surface area contributed by atoms with E-state index in [-0.39, 0.29) is 25.2 Å². The summed E-state index contributed by atoms with van der Waals surface area (Å²) in [5.41, 5.74) is 0. The summed E-state index contributed by atoms with van der Waals surface area (Å²) in [5.74, 6) is -1.70. The summed E-state index contributed by atoms with van der Waals surface area (Å²) in [6.07, 6.45) is 0.535. The van der Waals surface area contributed by atoms with E-state index < -0.39 is 26.6 Å². The summed E-state index contributed by atoms with van der Waals surface area (Å²) in [5, 5.41) is 0. The molecule has 0 radical (unpaired) electrons. The van der Waals surface area contributed by atoms with Gasteiger partial charge in [-0.15, -0.1) is 0 Å². The lowest BCUT2D eigenvalue weighted by molar-refractivity contribution is -0.0840. The van der Waals surface area contributed by atoms with Crippen molar-refractivity contribution >= 4 is 10.0 Å². The molecule has 0 amide bonds. The van der Waals surface area contributed by atoms with Crippen molar-refractivity contribution in [2.75, 3.05) is 33.3 Å². The number of rotatable bonds is 2. The van der Waals surface area contributed by atoms with Crippen LogP contribution in [-0.2, 0) is 14.8 Å². The Morgan fingerprint density at radius 3 is 2.82 bits per heavy atom. The molecule has 0 aliphatic carbocycles. The van der Waals surface area contributed by atoms with E-state index in [0.29, 0.717) is 13.0 Å². The van der Waals surface area contributed by atoms with Gasteiger partial charge >= 0.3 is 0 Å². The van der Waals surface area contributed by atoms with Crippen molar-refractivity contribution in [3.05, 3.63) is 29.8 Å². The van der Waals surface area contributed by atoms with Gasteiger partial charge in [-0.3, -0.25) is 4.90 Å². The second-order valence-corrected chi connectivity index (χ2v) is 7.59. The quantitative estimate of drug-likeness (QED) is 0.813. The molecule has 0 N–H and O–H groups in total. The molecule has 3 rings (SSSR count). The minimum absolute atomic E-state index is 0.0115. The number of ether oxygens (including phenoxy) is 1. The summed E-state index contributed by atoms with van der Waals surface area (Å²) in [6, 6.07) is 2.42. The zero-order chi connectivity index (χ0) is 15.9. The zero-order valence-corrected chi connectivity index (χ0v) is 13.0. The fourth-order valence-corrected chi connectivity index (χ4v) is 4.59. The predicted molar refractivity (Wildman–Crippen MR) is 75.9 cm³/mol. The smallest absolute Gasteiger partial charge is 0.246 e. The maximum absolute atomic E-state index is 13.8. The Hall–Kier alpha value is -1.09. The lowest BCUT2D eigenvalue weighted by Gasteiger charge is -2.45. The van der Waals surface area contributed by atoms with E-state index in [2.05, 4.69) is 4.90 Å². The first-order valence-electron chi connectivity index (χ1n) is 7.16. The van der Waals surface area contributed by atoms with Gasteiger partial charge in [-0.1, -0.05) is 0 Å². The third-order valence-electron chi connectivity index (χ3n) is 4.34. The second kappa shape index (κ2) is 5.84. The number of morpholine rings is 1. The lowest BCUT2D eigenvalue weighted by atomic mass is 10.0. The van der Waals surface area contributed by atoms with Gasteiger partial charge < -0.3 is 4.74 Å². The molecular formula is C14H18F2N2O3S. The van der Waals surface area contributed by atoms with Crippen LogP contribution < -0.4 is 0 Å². The van der Waals surface area contributed by atoms with E-state index >= 15 is 0 Å². The number of hydrogen-bond acceptors (Lipinski definition) is 4. The average molecular weight is 332 g/mol. The Kier molecular flexibility index (Phi) is 4.19. The highest BCUT2D eigenvalue weighted by Crippen LogP contribution is 2.27. The van der Waals surface area contributed by atoms with Gasteiger partial charge in [0.2, 0.25) is 10.0 Å². The van der Waals surface area contributed by atoms with Crippen molar-refractivity contribution in [1.29, 1.82) is 0 Å². The van der Waals surface area contributed by atoms with Gasteiger partial charge in [-0.05, 0) is 31.7 Å². The molecule has 2 atom stereocenters. The molecule has 2 saturated heterocycles. The molecule has 2 aliphatic rings. The molecule has 122 valence electrons. The molecule has 0 bridgehead atoms. The van der Waals surface area contributed by atoms with Crippen molar-refractivity contribution in [2.45, 2.75) is 23.5 Å². The monoisotopic (exact) mass is 332 g/mol. The highest BCUT2D eigenvalue weighted by Gasteiger charge is 2.40. The van der Waals surface area contributed by atoms with Gasteiger partial charge in [-0.2, -0.15) is 4.31 Å². The van der Waals surface area contributed by atoms with E-state index in [0.717, 1.165) is 24.7 Å². The number of nitrogens with zero attached hydrogens (tertiary/aromatic N) is 2. The molecule has 0 aromatic heterocycles. The van der Waals surface area contributed by atoms with Gasteiger partial charge in [0.25, 0.3) is 0 Å². The number of likely N-dealkylation sites (N-methyl/N-ethyl adjacent to an activating group) is 1. The normalized spacial score (nSPS) is 27.6. The van der Waals surface area contributed by atoms with Crippen molar-refractivity contribution in [2.24, 2.45) is 0 Å². The molecule has 2 heterocycles. The first kappa shape index (κ1) is 15.8. The number of halogens is 2. The lowest BCUT2D eigenvalue weighted by Crippen LogP contribution is -2.59. The van der Waals surface area contributed by atoms with E-state index in [1.165, 1.54) is 4.31 Å². The van der Waals surface area contributed by atoms with Crippen LogP contribution in [0.3, 0.4) is 0 Å². The van der Waals surface area contributed by atoms with E-state index in [1.807, 2.05) is 7.05 Å². The van der Waals surface area contributed by atoms with E-state index in [4.69, 9.17) is 4.74 Å². The molecule has 8 heteroatoms. The summed E-state index contributed by atoms with van der Waals surface area (Å²) in [4.78, 5) is 1.45. The Bertz CT molecular complexity index is 668. The number of sulfonamides is 1. The van der Waals surface area contributed by atoms with Crippen molar-refractivity contribution in [1.82, 2.24) is 9.21 Å². The van der Waals surface area contributed by atoms with Crippen LogP contribution in [0.15, 0.2) is 23.1 Å². The molecule has 2 aliphatic heterocycles. The molecule has 0 saturated carbocycles. The van der Waals surface area contributed by atoms with Crippen molar-refractivity contribution < 1.29 is 21.9 Å². The second-order valence-electron chi connectivity index (χ2n) is 5.68. The summed E-state index contributed by atoms with van der Waals surface area (Å²) in [6.45, 7) is 1.82. The molecule has 22 heavy (non-hydrogen) atoms. The minimum atomic E-state index is -4.05. The first-order chi connectivity index (χ1) is 10.4.